The Bertz CT molecular complexity index is 569. The molecule has 2 N–H and O–H groups in total. The molecule has 1 aromatic rings. The van der Waals surface area contributed by atoms with Crippen molar-refractivity contribution in [1.82, 2.24) is 5.32 Å². The van der Waals surface area contributed by atoms with Gasteiger partial charge in [0, 0.05) is 17.9 Å². The summed E-state index contributed by atoms with van der Waals surface area (Å²) in [5, 5.41) is 19.7. The number of hydrogen-bond acceptors (Lipinski definition) is 3. The fraction of sp³-hybridized carbons (Fsp3) is 0.308. The Kier molecular flexibility index (Phi) is 5.15. The fourth-order valence-corrected chi connectivity index (χ4v) is 1.57. The van der Waals surface area contributed by atoms with Crippen LogP contribution in [0, 0.1) is 28.9 Å². The first-order valence-electron chi connectivity index (χ1n) is 5.72. The summed E-state index contributed by atoms with van der Waals surface area (Å²) in [7, 11) is 0. The van der Waals surface area contributed by atoms with Crippen LogP contribution in [0.3, 0.4) is 0 Å². The molecule has 1 aromatic carbocycles. The number of carboxylic acids is 1. The van der Waals surface area contributed by atoms with E-state index in [9.17, 15) is 18.4 Å². The highest BCUT2D eigenvalue weighted by Crippen LogP contribution is 2.12. The first-order valence-corrected chi connectivity index (χ1v) is 5.72. The number of rotatable bonds is 5. The Hall–Kier alpha value is -2.49. The molecule has 0 aromatic heterocycles. The number of nitriles is 1. The van der Waals surface area contributed by atoms with Crippen molar-refractivity contribution in [3.8, 4) is 6.07 Å². The van der Waals surface area contributed by atoms with Crippen molar-refractivity contribution in [2.24, 2.45) is 5.92 Å². The van der Waals surface area contributed by atoms with Crippen LogP contribution < -0.4 is 5.32 Å². The van der Waals surface area contributed by atoms with Crippen molar-refractivity contribution in [2.45, 2.75) is 19.4 Å². The number of halogens is 2. The minimum Gasteiger partial charge on any atom is -0.480 e. The summed E-state index contributed by atoms with van der Waals surface area (Å²) in [5.74, 6) is -5.07. The van der Waals surface area contributed by atoms with Gasteiger partial charge in [0.25, 0.3) is 5.91 Å². The van der Waals surface area contributed by atoms with Crippen molar-refractivity contribution in [1.29, 1.82) is 5.26 Å². The third-order valence-electron chi connectivity index (χ3n) is 2.72. The van der Waals surface area contributed by atoms with E-state index in [1.165, 1.54) is 6.92 Å². The first kappa shape index (κ1) is 15.6. The van der Waals surface area contributed by atoms with Gasteiger partial charge in [0.2, 0.25) is 0 Å². The van der Waals surface area contributed by atoms with Crippen LogP contribution >= 0.6 is 0 Å². The van der Waals surface area contributed by atoms with Crippen LogP contribution in [0.2, 0.25) is 0 Å². The number of aliphatic carboxylic acids is 1. The summed E-state index contributed by atoms with van der Waals surface area (Å²) < 4.78 is 25.7. The fourth-order valence-electron chi connectivity index (χ4n) is 1.57. The largest absolute Gasteiger partial charge is 0.480 e. The molecular formula is C13H12F2N2O3. The van der Waals surface area contributed by atoms with Gasteiger partial charge in [-0.05, 0) is 18.2 Å². The number of carboxylic acid groups (broad SMARTS) is 1. The molecule has 0 saturated carbocycles. The maximum atomic E-state index is 13.0. The lowest BCUT2D eigenvalue weighted by atomic mass is 9.98. The number of benzene rings is 1. The van der Waals surface area contributed by atoms with Crippen LogP contribution in [0.4, 0.5) is 8.78 Å². The third kappa shape index (κ3) is 3.75. The number of amides is 1. The van der Waals surface area contributed by atoms with E-state index in [0.717, 1.165) is 12.1 Å². The third-order valence-corrected chi connectivity index (χ3v) is 2.72. The lowest BCUT2D eigenvalue weighted by molar-refractivity contribution is -0.140. The standard InChI is InChI=1S/C13H12F2N2O3/c1-7(4-5-16)11(13(19)20)17-12(18)8-2-3-9(14)10(15)6-8/h2-3,6-7,11H,4H2,1H3,(H,17,18)(H,19,20)/t7-,11-/m1/s1. The van der Waals surface area contributed by atoms with Crippen molar-refractivity contribution >= 4 is 11.9 Å². The van der Waals surface area contributed by atoms with E-state index < -0.39 is 35.5 Å². The molecule has 7 heteroatoms. The zero-order valence-corrected chi connectivity index (χ0v) is 10.6. The van der Waals surface area contributed by atoms with Gasteiger partial charge in [-0.15, -0.1) is 0 Å². The van der Waals surface area contributed by atoms with Gasteiger partial charge in [-0.1, -0.05) is 6.92 Å². The van der Waals surface area contributed by atoms with Gasteiger partial charge in [-0.25, -0.2) is 13.6 Å². The molecule has 0 aliphatic carbocycles. The van der Waals surface area contributed by atoms with Crippen LogP contribution in [-0.2, 0) is 4.79 Å². The second-order valence-corrected chi connectivity index (χ2v) is 4.26. The van der Waals surface area contributed by atoms with Gasteiger partial charge in [0.1, 0.15) is 6.04 Å². The maximum absolute atomic E-state index is 13.0. The van der Waals surface area contributed by atoms with Crippen LogP contribution in [0.25, 0.3) is 0 Å². The molecule has 1 rings (SSSR count). The van der Waals surface area contributed by atoms with E-state index in [-0.39, 0.29) is 12.0 Å². The second kappa shape index (κ2) is 6.61. The van der Waals surface area contributed by atoms with E-state index in [2.05, 4.69) is 5.32 Å². The average Bonchev–Trinajstić information content (AvgIpc) is 2.38. The zero-order chi connectivity index (χ0) is 15.3. The second-order valence-electron chi connectivity index (χ2n) is 4.26. The van der Waals surface area contributed by atoms with Crippen LogP contribution in [0.5, 0.6) is 0 Å². The van der Waals surface area contributed by atoms with E-state index >= 15 is 0 Å². The lowest BCUT2D eigenvalue weighted by Gasteiger charge is -2.19. The molecule has 0 spiro atoms. The Labute approximate surface area is 113 Å². The van der Waals surface area contributed by atoms with Crippen molar-refractivity contribution in [2.75, 3.05) is 0 Å². The molecule has 1 amide bonds. The number of carbonyl (C=O) groups excluding carboxylic acids is 1. The van der Waals surface area contributed by atoms with E-state index in [1.54, 1.807) is 0 Å². The number of nitrogens with one attached hydrogen (secondary N) is 1. The normalized spacial score (nSPS) is 13.1. The van der Waals surface area contributed by atoms with Crippen LogP contribution in [0.1, 0.15) is 23.7 Å². The topological polar surface area (TPSA) is 90.2 Å². The predicted molar refractivity (Wildman–Crippen MR) is 64.6 cm³/mol. The summed E-state index contributed by atoms with van der Waals surface area (Å²) in [4.78, 5) is 22.8. The van der Waals surface area contributed by atoms with Gasteiger partial charge >= 0.3 is 5.97 Å². The lowest BCUT2D eigenvalue weighted by Crippen LogP contribution is -2.45. The molecule has 0 unspecified atom stereocenters. The highest BCUT2D eigenvalue weighted by atomic mass is 19.2. The van der Waals surface area contributed by atoms with E-state index in [1.807, 2.05) is 6.07 Å². The first-order chi connectivity index (χ1) is 9.36. The predicted octanol–water partition coefficient (Wildman–Crippen LogP) is 1.70. The van der Waals surface area contributed by atoms with Crippen molar-refractivity contribution in [3.05, 3.63) is 35.4 Å². The summed E-state index contributed by atoms with van der Waals surface area (Å²) >= 11 is 0. The molecule has 0 saturated heterocycles. The zero-order valence-electron chi connectivity index (χ0n) is 10.6. The number of carbonyl (C=O) groups is 2. The summed E-state index contributed by atoms with van der Waals surface area (Å²) in [6.07, 6.45) is -0.0605. The summed E-state index contributed by atoms with van der Waals surface area (Å²) in [6.45, 7) is 1.49. The Morgan fingerprint density at radius 3 is 2.55 bits per heavy atom. The van der Waals surface area contributed by atoms with Crippen molar-refractivity contribution < 1.29 is 23.5 Å². The summed E-state index contributed by atoms with van der Waals surface area (Å²) in [5.41, 5.74) is -0.195. The quantitative estimate of drug-likeness (QED) is 0.860. The molecule has 106 valence electrons. The van der Waals surface area contributed by atoms with Gasteiger partial charge in [-0.2, -0.15) is 5.26 Å². The van der Waals surface area contributed by atoms with Gasteiger partial charge in [0.05, 0.1) is 6.07 Å². The number of nitrogens with zero attached hydrogens (tertiary/aromatic N) is 1. The molecule has 0 aliphatic heterocycles. The highest BCUT2D eigenvalue weighted by Gasteiger charge is 2.27. The van der Waals surface area contributed by atoms with Crippen LogP contribution in [0.15, 0.2) is 18.2 Å². The minimum atomic E-state index is -1.30. The van der Waals surface area contributed by atoms with Gasteiger partial charge < -0.3 is 10.4 Å². The maximum Gasteiger partial charge on any atom is 0.326 e. The monoisotopic (exact) mass is 282 g/mol. The SMILES string of the molecule is C[C@H](CC#N)[C@@H](NC(=O)c1ccc(F)c(F)c1)C(=O)O. The van der Waals surface area contributed by atoms with Crippen LogP contribution in [-0.4, -0.2) is 23.0 Å². The Morgan fingerprint density at radius 2 is 2.05 bits per heavy atom. The minimum absolute atomic E-state index is 0.0605. The Balaban J connectivity index is 2.88. The van der Waals surface area contributed by atoms with Gasteiger partial charge in [0.15, 0.2) is 11.6 Å². The highest BCUT2D eigenvalue weighted by molar-refractivity contribution is 5.96. The molecular weight excluding hydrogens is 270 g/mol. The molecule has 20 heavy (non-hydrogen) atoms. The number of hydrogen-bond donors (Lipinski definition) is 2. The molecule has 5 nitrogen and oxygen atoms in total. The van der Waals surface area contributed by atoms with Gasteiger partial charge in [-0.3, -0.25) is 4.79 Å². The van der Waals surface area contributed by atoms with Crippen molar-refractivity contribution in [3.63, 3.8) is 0 Å². The van der Waals surface area contributed by atoms with E-state index in [4.69, 9.17) is 10.4 Å². The molecule has 0 aliphatic rings. The molecule has 0 heterocycles. The molecule has 0 radical (unpaired) electrons. The molecule has 0 fully saturated rings. The van der Waals surface area contributed by atoms with E-state index in [0.29, 0.717) is 6.07 Å². The summed E-state index contributed by atoms with van der Waals surface area (Å²) in [6, 6.07) is 3.02. The average molecular weight is 282 g/mol. The Morgan fingerprint density at radius 1 is 1.40 bits per heavy atom. The molecule has 0 bridgehead atoms. The smallest absolute Gasteiger partial charge is 0.326 e. The molecule has 2 atom stereocenters.